The number of aromatic carboxylic acids is 1. The van der Waals surface area contributed by atoms with Gasteiger partial charge in [0.15, 0.2) is 0 Å². The number of carboxylic acids is 1. The number of nitrogens with zero attached hydrogens (tertiary/aromatic N) is 2. The molecule has 4 nitrogen and oxygen atoms in total. The third-order valence-corrected chi connectivity index (χ3v) is 3.73. The minimum atomic E-state index is -0.919. The van der Waals surface area contributed by atoms with Crippen molar-refractivity contribution in [2.45, 2.75) is 6.54 Å². The van der Waals surface area contributed by atoms with E-state index in [0.29, 0.717) is 23.0 Å². The fraction of sp³-hybridized carbons (Fsp3) is 0.158. The molecule has 0 aliphatic rings. The van der Waals surface area contributed by atoms with Crippen LogP contribution >= 0.6 is 0 Å². The van der Waals surface area contributed by atoms with Crippen LogP contribution in [0.3, 0.4) is 0 Å². The summed E-state index contributed by atoms with van der Waals surface area (Å²) in [6.07, 6.45) is 0. The van der Waals surface area contributed by atoms with Crippen molar-refractivity contribution in [3.05, 3.63) is 65.7 Å². The third kappa shape index (κ3) is 2.94. The highest BCUT2D eigenvalue weighted by Gasteiger charge is 2.21. The van der Waals surface area contributed by atoms with Crippen LogP contribution in [0.25, 0.3) is 22.2 Å². The Bertz CT molecular complexity index is 858. The summed E-state index contributed by atoms with van der Waals surface area (Å²) in [6, 6.07) is 17.1. The van der Waals surface area contributed by atoms with Crippen LogP contribution in [0.15, 0.2) is 54.6 Å². The second-order valence-electron chi connectivity index (χ2n) is 5.74. The van der Waals surface area contributed by atoms with Crippen molar-refractivity contribution in [2.75, 3.05) is 14.1 Å². The fourth-order valence-corrected chi connectivity index (χ4v) is 2.80. The van der Waals surface area contributed by atoms with Gasteiger partial charge in [0, 0.05) is 23.1 Å². The van der Waals surface area contributed by atoms with E-state index in [2.05, 4.69) is 0 Å². The molecule has 0 spiro atoms. The van der Waals surface area contributed by atoms with Gasteiger partial charge in [0.05, 0.1) is 16.8 Å². The summed E-state index contributed by atoms with van der Waals surface area (Å²) in [6.45, 7) is 0.518. The number of carboxylic acid groups (broad SMARTS) is 1. The first-order valence-corrected chi connectivity index (χ1v) is 7.43. The number of benzene rings is 2. The zero-order chi connectivity index (χ0) is 16.4. The van der Waals surface area contributed by atoms with Crippen molar-refractivity contribution in [3.8, 4) is 11.3 Å². The Kier molecular flexibility index (Phi) is 4.08. The summed E-state index contributed by atoms with van der Waals surface area (Å²) in [5.41, 5.74) is 3.44. The molecule has 3 rings (SSSR count). The van der Waals surface area contributed by atoms with E-state index in [-0.39, 0.29) is 0 Å². The minimum absolute atomic E-state index is 0.336. The lowest BCUT2D eigenvalue weighted by Crippen LogP contribution is -2.16. The van der Waals surface area contributed by atoms with Crippen molar-refractivity contribution in [3.63, 3.8) is 0 Å². The Labute approximate surface area is 135 Å². The van der Waals surface area contributed by atoms with Gasteiger partial charge in [-0.3, -0.25) is 0 Å². The molecular formula is C19H18N2O2. The Morgan fingerprint density at radius 1 is 1.04 bits per heavy atom. The highest BCUT2D eigenvalue weighted by Crippen LogP contribution is 2.30. The first-order chi connectivity index (χ1) is 11.1. The van der Waals surface area contributed by atoms with Crippen LogP contribution in [0.5, 0.6) is 0 Å². The summed E-state index contributed by atoms with van der Waals surface area (Å²) in [4.78, 5) is 18.7. The van der Waals surface area contributed by atoms with Crippen molar-refractivity contribution in [1.29, 1.82) is 0 Å². The molecule has 0 amide bonds. The standard InChI is InChI=1S/C19H18N2O2/c1-21(2)12-15-17(19(22)23)14-10-6-7-11-16(14)20-18(15)13-8-4-3-5-9-13/h3-11H,12H2,1-2H3,(H,22,23). The molecular weight excluding hydrogens is 288 g/mol. The molecule has 0 atom stereocenters. The van der Waals surface area contributed by atoms with Gasteiger partial charge in [-0.2, -0.15) is 0 Å². The Hall–Kier alpha value is -2.72. The quantitative estimate of drug-likeness (QED) is 0.799. The lowest BCUT2D eigenvalue weighted by atomic mass is 9.96. The van der Waals surface area contributed by atoms with Gasteiger partial charge in [0.2, 0.25) is 0 Å². The molecule has 0 saturated heterocycles. The molecule has 0 saturated carbocycles. The molecule has 1 aromatic heterocycles. The molecule has 1 N–H and O–H groups in total. The van der Waals surface area contributed by atoms with Crippen LogP contribution in [-0.2, 0) is 6.54 Å². The summed E-state index contributed by atoms with van der Waals surface area (Å²) in [7, 11) is 3.85. The van der Waals surface area contributed by atoms with Crippen LogP contribution in [0, 0.1) is 0 Å². The summed E-state index contributed by atoms with van der Waals surface area (Å²) >= 11 is 0. The van der Waals surface area contributed by atoms with Crippen molar-refractivity contribution < 1.29 is 9.90 Å². The van der Waals surface area contributed by atoms with Gasteiger partial charge in [0.1, 0.15) is 0 Å². The summed E-state index contributed by atoms with van der Waals surface area (Å²) < 4.78 is 0. The number of pyridine rings is 1. The Morgan fingerprint density at radius 3 is 2.35 bits per heavy atom. The van der Waals surface area contributed by atoms with Crippen LogP contribution in [0.2, 0.25) is 0 Å². The SMILES string of the molecule is CN(C)Cc1c(-c2ccccc2)nc2ccccc2c1C(=O)O. The van der Waals surface area contributed by atoms with E-state index in [1.807, 2.05) is 73.6 Å². The minimum Gasteiger partial charge on any atom is -0.478 e. The predicted octanol–water partition coefficient (Wildman–Crippen LogP) is 3.66. The van der Waals surface area contributed by atoms with Gasteiger partial charge < -0.3 is 10.0 Å². The van der Waals surface area contributed by atoms with Crippen molar-refractivity contribution >= 4 is 16.9 Å². The van der Waals surface area contributed by atoms with Gasteiger partial charge in [0.25, 0.3) is 0 Å². The molecule has 0 aliphatic carbocycles. The first-order valence-electron chi connectivity index (χ1n) is 7.43. The van der Waals surface area contributed by atoms with E-state index < -0.39 is 5.97 Å². The molecule has 0 aliphatic heterocycles. The number of carbonyl (C=O) groups is 1. The summed E-state index contributed by atoms with van der Waals surface area (Å²) in [5, 5.41) is 10.5. The average molecular weight is 306 g/mol. The number of fused-ring (bicyclic) bond motifs is 1. The largest absolute Gasteiger partial charge is 0.478 e. The Balaban J connectivity index is 2.40. The molecule has 4 heteroatoms. The van der Waals surface area contributed by atoms with Gasteiger partial charge in [-0.15, -0.1) is 0 Å². The van der Waals surface area contributed by atoms with E-state index in [4.69, 9.17) is 4.98 Å². The normalized spacial score (nSPS) is 11.1. The van der Waals surface area contributed by atoms with Gasteiger partial charge >= 0.3 is 5.97 Å². The zero-order valence-corrected chi connectivity index (χ0v) is 13.2. The second kappa shape index (κ2) is 6.18. The lowest BCUT2D eigenvalue weighted by molar-refractivity contribution is 0.0697. The van der Waals surface area contributed by atoms with Crippen LogP contribution < -0.4 is 0 Å². The van der Waals surface area contributed by atoms with E-state index in [1.54, 1.807) is 0 Å². The van der Waals surface area contributed by atoms with Crippen molar-refractivity contribution in [2.24, 2.45) is 0 Å². The summed E-state index contributed by atoms with van der Waals surface area (Å²) in [5.74, 6) is -0.919. The van der Waals surface area contributed by atoms with Gasteiger partial charge in [-0.25, -0.2) is 9.78 Å². The molecule has 2 aromatic carbocycles. The van der Waals surface area contributed by atoms with Crippen LogP contribution in [0.1, 0.15) is 15.9 Å². The zero-order valence-electron chi connectivity index (χ0n) is 13.2. The molecule has 0 radical (unpaired) electrons. The van der Waals surface area contributed by atoms with Crippen LogP contribution in [-0.4, -0.2) is 35.1 Å². The maximum Gasteiger partial charge on any atom is 0.336 e. The molecule has 3 aromatic rings. The molecule has 0 bridgehead atoms. The molecule has 0 unspecified atom stereocenters. The van der Waals surface area contributed by atoms with Crippen molar-refractivity contribution in [1.82, 2.24) is 9.88 Å². The first kappa shape index (κ1) is 15.2. The highest BCUT2D eigenvalue weighted by atomic mass is 16.4. The fourth-order valence-electron chi connectivity index (χ4n) is 2.80. The topological polar surface area (TPSA) is 53.4 Å². The molecule has 0 fully saturated rings. The maximum atomic E-state index is 12.0. The van der Waals surface area contributed by atoms with E-state index in [9.17, 15) is 9.90 Å². The lowest BCUT2D eigenvalue weighted by Gasteiger charge is -2.18. The number of aromatic nitrogens is 1. The number of hydrogen-bond donors (Lipinski definition) is 1. The second-order valence-corrected chi connectivity index (χ2v) is 5.74. The molecule has 1 heterocycles. The third-order valence-electron chi connectivity index (χ3n) is 3.73. The average Bonchev–Trinajstić information content (AvgIpc) is 2.54. The van der Waals surface area contributed by atoms with Crippen LogP contribution in [0.4, 0.5) is 0 Å². The Morgan fingerprint density at radius 2 is 1.70 bits per heavy atom. The number of hydrogen-bond acceptors (Lipinski definition) is 3. The van der Waals surface area contributed by atoms with Gasteiger partial charge in [-0.05, 0) is 20.2 Å². The van der Waals surface area contributed by atoms with E-state index >= 15 is 0 Å². The number of rotatable bonds is 4. The van der Waals surface area contributed by atoms with E-state index in [1.165, 1.54) is 0 Å². The molecule has 23 heavy (non-hydrogen) atoms. The van der Waals surface area contributed by atoms with Gasteiger partial charge in [-0.1, -0.05) is 48.5 Å². The smallest absolute Gasteiger partial charge is 0.336 e. The molecule has 116 valence electrons. The monoisotopic (exact) mass is 306 g/mol. The number of para-hydroxylation sites is 1. The highest BCUT2D eigenvalue weighted by molar-refractivity contribution is 6.05. The predicted molar refractivity (Wildman–Crippen MR) is 91.5 cm³/mol. The van der Waals surface area contributed by atoms with E-state index in [0.717, 1.165) is 16.8 Å². The maximum absolute atomic E-state index is 12.0.